The van der Waals surface area contributed by atoms with Crippen LogP contribution in [0.3, 0.4) is 0 Å². The Morgan fingerprint density at radius 2 is 2.07 bits per heavy atom. The van der Waals surface area contributed by atoms with Crippen molar-refractivity contribution in [3.8, 4) is 0 Å². The van der Waals surface area contributed by atoms with Gasteiger partial charge in [0.2, 0.25) is 0 Å². The summed E-state index contributed by atoms with van der Waals surface area (Å²) < 4.78 is 12.3. The lowest BCUT2D eigenvalue weighted by atomic mass is 9.45. The summed E-state index contributed by atoms with van der Waals surface area (Å²) in [6.07, 6.45) is 15.7. The van der Waals surface area contributed by atoms with E-state index in [1.165, 1.54) is 0 Å². The van der Waals surface area contributed by atoms with Gasteiger partial charge in [-0.2, -0.15) is 0 Å². The fraction of sp³-hybridized carbons (Fsp3) is 0.583. The van der Waals surface area contributed by atoms with Crippen LogP contribution in [0.25, 0.3) is 0 Å². The van der Waals surface area contributed by atoms with Gasteiger partial charge in [-0.3, -0.25) is 0 Å². The van der Waals surface area contributed by atoms with Gasteiger partial charge in [-0.25, -0.2) is 9.59 Å². The van der Waals surface area contributed by atoms with Crippen LogP contribution in [0.5, 0.6) is 0 Å². The zero-order valence-electron chi connectivity index (χ0n) is 16.8. The normalized spacial score (nSPS) is 39.4. The number of esters is 2. The Morgan fingerprint density at radius 1 is 1.21 bits per heavy atom. The van der Waals surface area contributed by atoms with E-state index in [0.29, 0.717) is 0 Å². The number of hydrogen-bond acceptors (Lipinski definition) is 4. The number of carbonyl (C=O) groups is 2. The molecule has 6 rings (SSSR count). The summed E-state index contributed by atoms with van der Waals surface area (Å²) in [5.74, 6) is 0.749. The van der Waals surface area contributed by atoms with Crippen molar-refractivity contribution in [3.63, 3.8) is 0 Å². The average molecular weight is 380 g/mol. The van der Waals surface area contributed by atoms with Crippen molar-refractivity contribution in [1.29, 1.82) is 0 Å². The first-order chi connectivity index (χ1) is 13.6. The molecule has 1 saturated carbocycles. The fourth-order valence-electron chi connectivity index (χ4n) is 6.57. The first kappa shape index (κ1) is 18.0. The predicted octanol–water partition coefficient (Wildman–Crippen LogP) is 4.92. The van der Waals surface area contributed by atoms with E-state index < -0.39 is 11.0 Å². The molecule has 2 bridgehead atoms. The highest BCUT2D eigenvalue weighted by Gasteiger charge is 2.75. The van der Waals surface area contributed by atoms with Crippen LogP contribution in [-0.4, -0.2) is 17.5 Å². The van der Waals surface area contributed by atoms with Gasteiger partial charge in [-0.15, -0.1) is 0 Å². The third-order valence-corrected chi connectivity index (χ3v) is 7.52. The standard InChI is InChI=1S/C24H28O4/c1-3-5-11-20-23-13-12-15(14-19(23)22(26)27-20)17(8-4-2)24(23)18-10-7-6-9-16(18)21(25)28-24/h6,9,11,14-15,17H,3-5,7-8,10,12-13H2,1-2H3/t15-,17-,23+,24+/m1/s1. The van der Waals surface area contributed by atoms with Crippen molar-refractivity contribution in [2.75, 3.05) is 0 Å². The average Bonchev–Trinajstić information content (AvgIpc) is 3.17. The van der Waals surface area contributed by atoms with E-state index in [1.807, 2.05) is 6.08 Å². The summed E-state index contributed by atoms with van der Waals surface area (Å²) >= 11 is 0. The molecule has 4 atom stereocenters. The van der Waals surface area contributed by atoms with Crippen molar-refractivity contribution in [2.45, 2.75) is 70.8 Å². The van der Waals surface area contributed by atoms with Crippen molar-refractivity contribution >= 4 is 11.9 Å². The molecule has 6 aliphatic rings. The third-order valence-electron chi connectivity index (χ3n) is 7.52. The second-order valence-electron chi connectivity index (χ2n) is 8.79. The molecule has 0 amide bonds. The minimum absolute atomic E-state index is 0.206. The van der Waals surface area contributed by atoms with Crippen LogP contribution < -0.4 is 0 Å². The Balaban J connectivity index is 1.80. The molecule has 4 heteroatoms. The summed E-state index contributed by atoms with van der Waals surface area (Å²) in [6, 6.07) is 0. The van der Waals surface area contributed by atoms with Crippen LogP contribution in [0.15, 0.2) is 46.8 Å². The highest BCUT2D eigenvalue weighted by molar-refractivity contribution is 6.00. The maximum atomic E-state index is 13.0. The van der Waals surface area contributed by atoms with E-state index in [9.17, 15) is 9.59 Å². The number of fused-ring (bicyclic) bond motifs is 1. The van der Waals surface area contributed by atoms with Gasteiger partial charge in [0.25, 0.3) is 0 Å². The number of hydrogen-bond donors (Lipinski definition) is 0. The van der Waals surface area contributed by atoms with E-state index >= 15 is 0 Å². The third kappa shape index (κ3) is 1.96. The molecular weight excluding hydrogens is 352 g/mol. The molecule has 0 aromatic heterocycles. The summed E-state index contributed by atoms with van der Waals surface area (Å²) in [7, 11) is 0. The monoisotopic (exact) mass is 380 g/mol. The highest BCUT2D eigenvalue weighted by atomic mass is 16.6. The molecule has 2 fully saturated rings. The Bertz CT molecular complexity index is 873. The first-order valence-electron chi connectivity index (χ1n) is 10.9. The molecule has 0 N–H and O–H groups in total. The summed E-state index contributed by atoms with van der Waals surface area (Å²) in [5.41, 5.74) is 1.21. The Kier molecular flexibility index (Phi) is 3.98. The van der Waals surface area contributed by atoms with Gasteiger partial charge in [-0.05, 0) is 56.1 Å². The van der Waals surface area contributed by atoms with Crippen LogP contribution in [0, 0.1) is 17.3 Å². The fourth-order valence-corrected chi connectivity index (χ4v) is 6.57. The van der Waals surface area contributed by atoms with Crippen LogP contribution >= 0.6 is 0 Å². The molecule has 0 aromatic rings. The van der Waals surface area contributed by atoms with E-state index in [2.05, 4.69) is 32.1 Å². The molecule has 0 aromatic carbocycles. The van der Waals surface area contributed by atoms with Gasteiger partial charge < -0.3 is 9.47 Å². The summed E-state index contributed by atoms with van der Waals surface area (Å²) in [6.45, 7) is 4.31. The molecule has 1 saturated heterocycles. The number of ether oxygens (including phenoxy) is 2. The van der Waals surface area contributed by atoms with Crippen LogP contribution in [0.2, 0.25) is 0 Å². The van der Waals surface area contributed by atoms with Gasteiger partial charge in [-0.1, -0.05) is 44.9 Å². The molecule has 2 aliphatic heterocycles. The number of allylic oxidation sites excluding steroid dienone is 3. The van der Waals surface area contributed by atoms with Gasteiger partial charge in [0.05, 0.1) is 11.1 Å². The first-order valence-corrected chi connectivity index (χ1v) is 10.9. The molecule has 4 aliphatic carbocycles. The van der Waals surface area contributed by atoms with Crippen LogP contribution in [0.4, 0.5) is 0 Å². The molecule has 148 valence electrons. The van der Waals surface area contributed by atoms with E-state index in [-0.39, 0.29) is 23.8 Å². The molecule has 28 heavy (non-hydrogen) atoms. The Morgan fingerprint density at radius 3 is 2.86 bits per heavy atom. The highest BCUT2D eigenvalue weighted by Crippen LogP contribution is 2.71. The molecule has 0 unspecified atom stereocenters. The van der Waals surface area contributed by atoms with E-state index in [4.69, 9.17) is 9.47 Å². The van der Waals surface area contributed by atoms with Crippen molar-refractivity contribution in [1.82, 2.24) is 0 Å². The molecule has 2 heterocycles. The second kappa shape index (κ2) is 6.20. The zero-order chi connectivity index (χ0) is 19.5. The number of carbonyl (C=O) groups excluding carboxylic acids is 2. The SMILES string of the molecule is CCCC=C1OC(=O)C2=C[C@H]3CC[C@@]12[C@]1(OC(=O)C2=C1CCC=C2)[C@@H]3CCC. The molecule has 4 nitrogen and oxygen atoms in total. The van der Waals surface area contributed by atoms with Gasteiger partial charge >= 0.3 is 11.9 Å². The molecule has 0 radical (unpaired) electrons. The molecule has 2 spiro atoms. The Labute approximate surface area is 166 Å². The lowest BCUT2D eigenvalue weighted by Crippen LogP contribution is -2.63. The Hall–Kier alpha value is -2.10. The van der Waals surface area contributed by atoms with Crippen molar-refractivity contribution in [2.24, 2.45) is 17.3 Å². The zero-order valence-corrected chi connectivity index (χ0v) is 16.8. The second-order valence-corrected chi connectivity index (χ2v) is 8.79. The van der Waals surface area contributed by atoms with Gasteiger partial charge in [0.1, 0.15) is 11.2 Å². The number of unbranched alkanes of at least 4 members (excludes halogenated alkanes) is 1. The number of rotatable bonds is 4. The quantitative estimate of drug-likeness (QED) is 0.650. The van der Waals surface area contributed by atoms with Crippen molar-refractivity contribution < 1.29 is 19.1 Å². The van der Waals surface area contributed by atoms with Gasteiger partial charge in [0.15, 0.2) is 5.60 Å². The topological polar surface area (TPSA) is 52.6 Å². The van der Waals surface area contributed by atoms with Crippen LogP contribution in [-0.2, 0) is 19.1 Å². The summed E-state index contributed by atoms with van der Waals surface area (Å²) in [5, 5.41) is 0. The molecular formula is C24H28O4. The number of cyclic esters (lactones) is 1. The van der Waals surface area contributed by atoms with E-state index in [1.54, 1.807) is 0 Å². The minimum Gasteiger partial charge on any atom is -0.449 e. The van der Waals surface area contributed by atoms with Crippen LogP contribution in [0.1, 0.15) is 65.2 Å². The maximum Gasteiger partial charge on any atom is 0.340 e. The minimum atomic E-state index is -0.751. The largest absolute Gasteiger partial charge is 0.449 e. The lowest BCUT2D eigenvalue weighted by Gasteiger charge is -2.59. The smallest absolute Gasteiger partial charge is 0.340 e. The van der Waals surface area contributed by atoms with Gasteiger partial charge in [0, 0.05) is 5.92 Å². The van der Waals surface area contributed by atoms with Crippen molar-refractivity contribution in [3.05, 3.63) is 46.8 Å². The van der Waals surface area contributed by atoms with E-state index in [0.717, 1.165) is 73.8 Å². The predicted molar refractivity (Wildman–Crippen MR) is 105 cm³/mol. The maximum absolute atomic E-state index is 13.0. The lowest BCUT2D eigenvalue weighted by molar-refractivity contribution is -0.176. The summed E-state index contributed by atoms with van der Waals surface area (Å²) in [4.78, 5) is 25.9.